The van der Waals surface area contributed by atoms with Crippen LogP contribution in [0.3, 0.4) is 0 Å². The molecule has 2 rings (SSSR count). The number of unbranched alkanes of at least 4 members (excludes halogenated alkanes) is 3. The van der Waals surface area contributed by atoms with E-state index in [1.165, 1.54) is 41.6 Å². The SMILES string of the molecule is Cn1c(O)cn(-c2cccc(C#CCCOCCCCCCBr)c2)c1=O. The van der Waals surface area contributed by atoms with Crippen LogP contribution in [-0.4, -0.2) is 32.8 Å². The summed E-state index contributed by atoms with van der Waals surface area (Å²) < 4.78 is 8.18. The maximum Gasteiger partial charge on any atom is 0.335 e. The molecule has 0 bridgehead atoms. The van der Waals surface area contributed by atoms with E-state index in [0.29, 0.717) is 18.7 Å². The average Bonchev–Trinajstić information content (AvgIpc) is 2.91. The van der Waals surface area contributed by atoms with Crippen molar-refractivity contribution in [2.45, 2.75) is 32.1 Å². The molecule has 0 fully saturated rings. The van der Waals surface area contributed by atoms with Gasteiger partial charge in [0.05, 0.1) is 18.5 Å². The van der Waals surface area contributed by atoms with E-state index in [2.05, 4.69) is 27.8 Å². The monoisotopic (exact) mass is 420 g/mol. The highest BCUT2D eigenvalue weighted by molar-refractivity contribution is 9.09. The fourth-order valence-electron chi connectivity index (χ4n) is 2.48. The van der Waals surface area contributed by atoms with Gasteiger partial charge in [-0.1, -0.05) is 46.7 Å². The predicted molar refractivity (Wildman–Crippen MR) is 107 cm³/mol. The van der Waals surface area contributed by atoms with Gasteiger partial charge in [-0.3, -0.25) is 9.13 Å². The Kier molecular flexibility index (Phi) is 8.52. The molecule has 0 aliphatic heterocycles. The highest BCUT2D eigenvalue weighted by Gasteiger charge is 2.08. The zero-order chi connectivity index (χ0) is 18.8. The van der Waals surface area contributed by atoms with E-state index in [-0.39, 0.29) is 11.6 Å². The Morgan fingerprint density at radius 2 is 2.00 bits per heavy atom. The summed E-state index contributed by atoms with van der Waals surface area (Å²) in [5, 5.41) is 10.7. The van der Waals surface area contributed by atoms with Crippen molar-refractivity contribution in [3.8, 4) is 23.4 Å². The first-order chi connectivity index (χ1) is 12.6. The minimum atomic E-state index is -0.294. The van der Waals surface area contributed by atoms with Crippen molar-refractivity contribution in [2.24, 2.45) is 7.05 Å². The van der Waals surface area contributed by atoms with E-state index >= 15 is 0 Å². The smallest absolute Gasteiger partial charge is 0.335 e. The molecule has 1 heterocycles. The highest BCUT2D eigenvalue weighted by Crippen LogP contribution is 2.12. The molecule has 0 aliphatic rings. The molecule has 6 heteroatoms. The highest BCUT2D eigenvalue weighted by atomic mass is 79.9. The summed E-state index contributed by atoms with van der Waals surface area (Å²) in [6, 6.07) is 7.39. The second-order valence-corrected chi connectivity index (χ2v) is 6.81. The van der Waals surface area contributed by atoms with E-state index in [4.69, 9.17) is 4.74 Å². The van der Waals surface area contributed by atoms with Crippen molar-refractivity contribution >= 4 is 15.9 Å². The number of halogens is 1. The number of hydrogen-bond acceptors (Lipinski definition) is 3. The fraction of sp³-hybridized carbons (Fsp3) is 0.450. The minimum Gasteiger partial charge on any atom is -0.493 e. The predicted octanol–water partition coefficient (Wildman–Crippen LogP) is 3.60. The van der Waals surface area contributed by atoms with Crippen LogP contribution in [0.25, 0.3) is 5.69 Å². The number of ether oxygens (including phenoxy) is 1. The molecule has 0 saturated heterocycles. The zero-order valence-corrected chi connectivity index (χ0v) is 16.7. The lowest BCUT2D eigenvalue weighted by molar-refractivity contribution is 0.135. The number of nitrogens with zero attached hydrogens (tertiary/aromatic N) is 2. The fourth-order valence-corrected chi connectivity index (χ4v) is 2.87. The van der Waals surface area contributed by atoms with Crippen molar-refractivity contribution in [2.75, 3.05) is 18.5 Å². The van der Waals surface area contributed by atoms with Gasteiger partial charge >= 0.3 is 5.69 Å². The van der Waals surface area contributed by atoms with Crippen molar-refractivity contribution in [1.82, 2.24) is 9.13 Å². The van der Waals surface area contributed by atoms with Crippen LogP contribution in [0.4, 0.5) is 0 Å². The Labute approximate surface area is 162 Å². The lowest BCUT2D eigenvalue weighted by Gasteiger charge is -2.02. The van der Waals surface area contributed by atoms with Gasteiger partial charge in [0.15, 0.2) is 0 Å². The van der Waals surface area contributed by atoms with Gasteiger partial charge in [-0.05, 0) is 31.0 Å². The quantitative estimate of drug-likeness (QED) is 0.383. The summed E-state index contributed by atoms with van der Waals surface area (Å²) in [5.41, 5.74) is 1.21. The van der Waals surface area contributed by atoms with Crippen LogP contribution in [0.2, 0.25) is 0 Å². The standard InChI is InChI=1S/C20H25BrN2O3/c1-22-19(24)16-23(20(22)25)18-11-8-10-17(15-18)9-4-7-14-26-13-6-3-2-5-12-21/h8,10-11,15-16,24H,2-3,5-7,12-14H2,1H3. The minimum absolute atomic E-state index is 0.0733. The number of benzene rings is 1. The third-order valence-corrected chi connectivity index (χ3v) is 4.54. The topological polar surface area (TPSA) is 56.4 Å². The Morgan fingerprint density at radius 1 is 1.19 bits per heavy atom. The van der Waals surface area contributed by atoms with Crippen LogP contribution in [-0.2, 0) is 11.8 Å². The van der Waals surface area contributed by atoms with Gasteiger partial charge in [0.2, 0.25) is 5.88 Å². The van der Waals surface area contributed by atoms with Crippen LogP contribution >= 0.6 is 15.9 Å². The Morgan fingerprint density at radius 3 is 2.73 bits per heavy atom. The van der Waals surface area contributed by atoms with Crippen molar-refractivity contribution < 1.29 is 9.84 Å². The first-order valence-electron chi connectivity index (χ1n) is 8.84. The second-order valence-electron chi connectivity index (χ2n) is 6.02. The third-order valence-electron chi connectivity index (χ3n) is 3.98. The molecule has 0 amide bonds. The molecule has 5 nitrogen and oxygen atoms in total. The molecule has 0 spiro atoms. The number of aromatic hydroxyl groups is 1. The summed E-state index contributed by atoms with van der Waals surface area (Å²) in [7, 11) is 1.53. The number of rotatable bonds is 9. The molecule has 2 aromatic rings. The van der Waals surface area contributed by atoms with Gasteiger partial charge in [0.25, 0.3) is 0 Å². The summed E-state index contributed by atoms with van der Waals surface area (Å²) in [6.07, 6.45) is 6.85. The van der Waals surface area contributed by atoms with E-state index < -0.39 is 0 Å². The first kappa shape index (κ1) is 20.3. The molecule has 0 saturated carbocycles. The zero-order valence-electron chi connectivity index (χ0n) is 15.1. The lowest BCUT2D eigenvalue weighted by Crippen LogP contribution is -2.20. The molecule has 140 valence electrons. The summed E-state index contributed by atoms with van der Waals surface area (Å²) in [6.45, 7) is 1.43. The lowest BCUT2D eigenvalue weighted by atomic mass is 10.2. The van der Waals surface area contributed by atoms with Gasteiger partial charge in [-0.2, -0.15) is 0 Å². The molecular formula is C20H25BrN2O3. The van der Waals surface area contributed by atoms with E-state index in [9.17, 15) is 9.90 Å². The van der Waals surface area contributed by atoms with Crippen molar-refractivity contribution in [3.63, 3.8) is 0 Å². The van der Waals surface area contributed by atoms with Gasteiger partial charge in [-0.15, -0.1) is 0 Å². The molecule has 26 heavy (non-hydrogen) atoms. The molecule has 0 aliphatic carbocycles. The summed E-state index contributed by atoms with van der Waals surface area (Å²) >= 11 is 3.43. The van der Waals surface area contributed by atoms with Crippen molar-refractivity contribution in [1.29, 1.82) is 0 Å². The van der Waals surface area contributed by atoms with E-state index in [1.54, 1.807) is 0 Å². The molecular weight excluding hydrogens is 396 g/mol. The van der Waals surface area contributed by atoms with E-state index in [1.807, 2.05) is 24.3 Å². The van der Waals surface area contributed by atoms with Crippen molar-refractivity contribution in [3.05, 3.63) is 46.5 Å². The normalized spacial score (nSPS) is 10.5. The molecule has 1 aromatic carbocycles. The molecule has 1 aromatic heterocycles. The van der Waals surface area contributed by atoms with Gasteiger partial charge in [-0.25, -0.2) is 4.79 Å². The van der Waals surface area contributed by atoms with Crippen LogP contribution in [0.1, 0.15) is 37.7 Å². The summed E-state index contributed by atoms with van der Waals surface area (Å²) in [4.78, 5) is 12.1. The van der Waals surface area contributed by atoms with Gasteiger partial charge in [0, 0.05) is 31.0 Å². The first-order valence-corrected chi connectivity index (χ1v) is 9.96. The van der Waals surface area contributed by atoms with Crippen LogP contribution in [0.15, 0.2) is 35.3 Å². The largest absolute Gasteiger partial charge is 0.493 e. The number of aromatic nitrogens is 2. The van der Waals surface area contributed by atoms with Gasteiger partial charge in [0.1, 0.15) is 0 Å². The van der Waals surface area contributed by atoms with Crippen LogP contribution in [0, 0.1) is 11.8 Å². The third kappa shape index (κ3) is 6.08. The summed E-state index contributed by atoms with van der Waals surface area (Å²) in [5.74, 6) is 6.12. The molecule has 0 atom stereocenters. The Bertz CT molecular complexity index is 814. The van der Waals surface area contributed by atoms with E-state index in [0.717, 1.165) is 23.9 Å². The number of imidazole rings is 1. The van der Waals surface area contributed by atoms with Gasteiger partial charge < -0.3 is 9.84 Å². The molecule has 0 unspecified atom stereocenters. The average molecular weight is 421 g/mol. The number of hydrogen-bond donors (Lipinski definition) is 1. The molecule has 1 N–H and O–H groups in total. The maximum absolute atomic E-state index is 12.1. The molecule has 0 radical (unpaired) electrons. The number of alkyl halides is 1. The Hall–Kier alpha value is -1.97. The van der Waals surface area contributed by atoms with Crippen LogP contribution in [0.5, 0.6) is 5.88 Å². The second kappa shape index (κ2) is 10.9. The Balaban J connectivity index is 1.82. The maximum atomic E-state index is 12.1. The van der Waals surface area contributed by atoms with Crippen LogP contribution < -0.4 is 5.69 Å².